The van der Waals surface area contributed by atoms with Crippen LogP contribution in [0, 0.1) is 5.41 Å². The summed E-state index contributed by atoms with van der Waals surface area (Å²) in [6.07, 6.45) is -3.52. The number of likely N-dealkylation sites (tertiary alicyclic amines) is 1. The molecule has 9 nitrogen and oxygen atoms in total. The lowest BCUT2D eigenvalue weighted by Gasteiger charge is -2.38. The summed E-state index contributed by atoms with van der Waals surface area (Å²) in [7, 11) is 2.86. The molecule has 0 bridgehead atoms. The average molecular weight is 490 g/mol. The van der Waals surface area contributed by atoms with Crippen molar-refractivity contribution in [1.82, 2.24) is 15.2 Å². The highest BCUT2D eigenvalue weighted by atomic mass is 19.4. The molecule has 1 saturated heterocycles. The minimum Gasteiger partial charge on any atom is -0.497 e. The second-order valence-corrected chi connectivity index (χ2v) is 8.00. The molecule has 2 aromatic rings. The molecule has 1 aromatic carbocycles. The maximum absolute atomic E-state index is 13.5. The van der Waals surface area contributed by atoms with Crippen LogP contribution in [0.2, 0.25) is 0 Å². The Hall–Kier alpha value is -3.92. The molecule has 2 heterocycles. The minimum atomic E-state index is -4.66. The van der Waals surface area contributed by atoms with E-state index in [9.17, 15) is 22.8 Å². The second-order valence-electron chi connectivity index (χ2n) is 8.00. The van der Waals surface area contributed by atoms with Crippen LogP contribution in [0.3, 0.4) is 0 Å². The van der Waals surface area contributed by atoms with Crippen LogP contribution in [0.5, 0.6) is 5.75 Å². The molecule has 0 saturated carbocycles. The van der Waals surface area contributed by atoms with Gasteiger partial charge in [0, 0.05) is 56.4 Å². The molecule has 2 atom stereocenters. The molecular formula is C23H25F3N6O3. The van der Waals surface area contributed by atoms with E-state index in [0.717, 1.165) is 12.3 Å². The van der Waals surface area contributed by atoms with Crippen LogP contribution in [-0.4, -0.2) is 73.1 Å². The van der Waals surface area contributed by atoms with Gasteiger partial charge >= 0.3 is 6.18 Å². The smallest absolute Gasteiger partial charge is 0.433 e. The molecule has 0 unspecified atom stereocenters. The van der Waals surface area contributed by atoms with Gasteiger partial charge in [0.2, 0.25) is 5.91 Å². The first-order chi connectivity index (χ1) is 16.5. The molecule has 0 aliphatic carbocycles. The summed E-state index contributed by atoms with van der Waals surface area (Å²) in [4.78, 5) is 33.5. The number of alkyl halides is 3. The van der Waals surface area contributed by atoms with Crippen molar-refractivity contribution in [1.29, 1.82) is 5.41 Å². The fourth-order valence-corrected chi connectivity index (χ4v) is 3.91. The molecule has 2 amide bonds. The quantitative estimate of drug-likeness (QED) is 0.425. The SMILES string of the molecule is CN=C=C(C=N)C(=O)N[C@H]1C[C@@H](Nc2cc(C(F)(F)F)nc3ccc(OC)cc23)CN(C(C)=O)C1. The van der Waals surface area contributed by atoms with E-state index < -0.39 is 29.9 Å². The van der Waals surface area contributed by atoms with Crippen LogP contribution in [0.1, 0.15) is 19.0 Å². The van der Waals surface area contributed by atoms with Gasteiger partial charge in [0.1, 0.15) is 17.0 Å². The highest BCUT2D eigenvalue weighted by Crippen LogP contribution is 2.35. The van der Waals surface area contributed by atoms with Gasteiger partial charge in [-0.05, 0) is 36.6 Å². The third kappa shape index (κ3) is 6.15. The predicted molar refractivity (Wildman–Crippen MR) is 125 cm³/mol. The molecule has 12 heteroatoms. The first-order valence-corrected chi connectivity index (χ1v) is 10.7. The van der Waals surface area contributed by atoms with Gasteiger partial charge < -0.3 is 25.7 Å². The zero-order valence-electron chi connectivity index (χ0n) is 19.4. The number of carbonyl (C=O) groups excluding carboxylic acids is 2. The lowest BCUT2D eigenvalue weighted by Crippen LogP contribution is -2.55. The van der Waals surface area contributed by atoms with E-state index in [2.05, 4.69) is 26.5 Å². The number of fused-ring (bicyclic) bond motifs is 1. The van der Waals surface area contributed by atoms with Crippen LogP contribution in [0.25, 0.3) is 10.9 Å². The highest BCUT2D eigenvalue weighted by molar-refractivity contribution is 6.18. The molecule has 1 fully saturated rings. The zero-order valence-corrected chi connectivity index (χ0v) is 19.4. The number of methoxy groups -OCH3 is 1. The van der Waals surface area contributed by atoms with Crippen LogP contribution in [-0.2, 0) is 15.8 Å². The van der Waals surface area contributed by atoms with Crippen molar-refractivity contribution in [3.8, 4) is 5.75 Å². The van der Waals surface area contributed by atoms with E-state index in [4.69, 9.17) is 10.1 Å². The zero-order chi connectivity index (χ0) is 25.8. The number of aromatic nitrogens is 1. The van der Waals surface area contributed by atoms with E-state index >= 15 is 0 Å². The number of nitrogens with zero attached hydrogens (tertiary/aromatic N) is 3. The molecule has 1 aromatic heterocycles. The largest absolute Gasteiger partial charge is 0.497 e. The number of nitrogens with one attached hydrogen (secondary N) is 3. The van der Waals surface area contributed by atoms with Crippen molar-refractivity contribution in [2.45, 2.75) is 31.6 Å². The Bertz CT molecular complexity index is 1210. The van der Waals surface area contributed by atoms with E-state index in [-0.39, 0.29) is 35.8 Å². The Morgan fingerprint density at radius 2 is 2.00 bits per heavy atom. The van der Waals surface area contributed by atoms with Crippen molar-refractivity contribution >= 4 is 40.5 Å². The van der Waals surface area contributed by atoms with Gasteiger partial charge in [0.15, 0.2) is 0 Å². The lowest BCUT2D eigenvalue weighted by atomic mass is 9.99. The Morgan fingerprint density at radius 3 is 2.60 bits per heavy atom. The maximum Gasteiger partial charge on any atom is 0.433 e. The highest BCUT2D eigenvalue weighted by Gasteiger charge is 2.35. The van der Waals surface area contributed by atoms with Gasteiger partial charge in [0.05, 0.1) is 12.6 Å². The summed E-state index contributed by atoms with van der Waals surface area (Å²) in [5, 5.41) is 13.6. The van der Waals surface area contributed by atoms with Crippen molar-refractivity contribution < 1.29 is 27.5 Å². The number of carbonyl (C=O) groups is 2. The summed E-state index contributed by atoms with van der Waals surface area (Å²) < 4.78 is 45.8. The van der Waals surface area contributed by atoms with Crippen molar-refractivity contribution in [3.05, 3.63) is 35.5 Å². The minimum absolute atomic E-state index is 0.0843. The number of piperidine rings is 1. The van der Waals surface area contributed by atoms with Crippen LogP contribution >= 0.6 is 0 Å². The van der Waals surface area contributed by atoms with Crippen molar-refractivity contribution in [3.63, 3.8) is 0 Å². The van der Waals surface area contributed by atoms with Crippen LogP contribution in [0.15, 0.2) is 34.8 Å². The fourth-order valence-electron chi connectivity index (χ4n) is 3.91. The Labute approximate surface area is 199 Å². The topological polar surface area (TPSA) is 120 Å². The van der Waals surface area contributed by atoms with E-state index in [0.29, 0.717) is 17.6 Å². The number of anilines is 1. The van der Waals surface area contributed by atoms with Gasteiger partial charge in [0.25, 0.3) is 5.91 Å². The van der Waals surface area contributed by atoms with Gasteiger partial charge in [-0.25, -0.2) is 9.98 Å². The van der Waals surface area contributed by atoms with Crippen molar-refractivity contribution in [2.75, 3.05) is 32.6 Å². The van der Waals surface area contributed by atoms with Gasteiger partial charge in [-0.1, -0.05) is 0 Å². The average Bonchev–Trinajstić information content (AvgIpc) is 2.81. The molecule has 3 rings (SSSR count). The number of aliphatic imine (C=N–C) groups is 1. The summed E-state index contributed by atoms with van der Waals surface area (Å²) in [5.74, 6) is 2.04. The first-order valence-electron chi connectivity index (χ1n) is 10.7. The van der Waals surface area contributed by atoms with E-state index in [1.165, 1.54) is 38.1 Å². The fraction of sp³-hybridized carbons (Fsp3) is 0.391. The van der Waals surface area contributed by atoms with Crippen LogP contribution in [0.4, 0.5) is 18.9 Å². The summed E-state index contributed by atoms with van der Waals surface area (Å²) in [6, 6.07) is 4.48. The number of ether oxygens (including phenoxy) is 1. The van der Waals surface area contributed by atoms with Gasteiger partial charge in [-0.15, -0.1) is 0 Å². The molecular weight excluding hydrogens is 465 g/mol. The number of rotatable bonds is 6. The molecule has 1 aliphatic heterocycles. The standard InChI is InChI=1S/C23H25F3N6O3/c1-13(33)32-11-15(6-16(12-32)30-22(34)14(9-27)10-28-2)29-20-8-21(23(24,25)26)31-19-5-4-17(35-3)7-18(19)20/h4-5,7-9,15-16,27H,6,11-12H2,1-3H3,(H,29,31)(H,30,34)/t15-,16+/m1/s1. The predicted octanol–water partition coefficient (Wildman–Crippen LogP) is 2.66. The van der Waals surface area contributed by atoms with Gasteiger partial charge in [-0.2, -0.15) is 13.2 Å². The monoisotopic (exact) mass is 490 g/mol. The van der Waals surface area contributed by atoms with E-state index in [1.54, 1.807) is 6.07 Å². The number of halogens is 3. The molecule has 35 heavy (non-hydrogen) atoms. The van der Waals surface area contributed by atoms with Crippen molar-refractivity contribution in [2.24, 2.45) is 4.99 Å². The number of pyridine rings is 1. The Morgan fingerprint density at radius 1 is 1.29 bits per heavy atom. The first kappa shape index (κ1) is 25.7. The normalized spacial score (nSPS) is 17.8. The second kappa shape index (κ2) is 10.6. The number of hydrogen-bond acceptors (Lipinski definition) is 7. The molecule has 186 valence electrons. The molecule has 3 N–H and O–H groups in total. The van der Waals surface area contributed by atoms with E-state index in [1.807, 2.05) is 0 Å². The summed E-state index contributed by atoms with van der Waals surface area (Å²) in [6.45, 7) is 1.81. The summed E-state index contributed by atoms with van der Waals surface area (Å²) >= 11 is 0. The molecule has 1 aliphatic rings. The number of amides is 2. The Balaban J connectivity index is 1.95. The third-order valence-corrected chi connectivity index (χ3v) is 5.52. The maximum atomic E-state index is 13.5. The Kier molecular flexibility index (Phi) is 7.75. The van der Waals surface area contributed by atoms with Gasteiger partial charge in [-0.3, -0.25) is 9.59 Å². The van der Waals surface area contributed by atoms with Crippen LogP contribution < -0.4 is 15.4 Å². The molecule has 0 radical (unpaired) electrons. The molecule has 0 spiro atoms. The number of hydrogen-bond donors (Lipinski definition) is 3. The summed E-state index contributed by atoms with van der Waals surface area (Å²) in [5.41, 5.74) is -0.827. The third-order valence-electron chi connectivity index (χ3n) is 5.52. The number of benzene rings is 1. The lowest BCUT2D eigenvalue weighted by molar-refractivity contribution is -0.141.